The van der Waals surface area contributed by atoms with Gasteiger partial charge in [0.2, 0.25) is 0 Å². The Hall–Kier alpha value is -1.34. The van der Waals surface area contributed by atoms with E-state index in [4.69, 9.17) is 10.00 Å². The third kappa shape index (κ3) is 2.86. The first-order chi connectivity index (χ1) is 6.77. The monoisotopic (exact) mass is 209 g/mol. The maximum Gasteiger partial charge on any atom is 0.307 e. The van der Waals surface area contributed by atoms with E-state index in [0.29, 0.717) is 6.61 Å². The molecule has 0 aliphatic carbocycles. The molecule has 1 atom stereocenters. The van der Waals surface area contributed by atoms with Gasteiger partial charge in [-0.3, -0.25) is 4.79 Å². The van der Waals surface area contributed by atoms with Crippen molar-refractivity contribution in [1.29, 1.82) is 5.26 Å². The lowest BCUT2D eigenvalue weighted by molar-refractivity contribution is -0.143. The summed E-state index contributed by atoms with van der Waals surface area (Å²) >= 11 is 1.49. The quantitative estimate of drug-likeness (QED) is 0.715. The number of nitrogens with zero attached hydrogens (tertiary/aromatic N) is 1. The summed E-state index contributed by atoms with van der Waals surface area (Å²) in [7, 11) is 0. The van der Waals surface area contributed by atoms with Gasteiger partial charge in [0.05, 0.1) is 25.0 Å². The van der Waals surface area contributed by atoms with E-state index in [9.17, 15) is 4.79 Å². The molecule has 0 aliphatic heterocycles. The zero-order chi connectivity index (χ0) is 10.4. The van der Waals surface area contributed by atoms with Crippen LogP contribution in [0.2, 0.25) is 0 Å². The van der Waals surface area contributed by atoms with Crippen molar-refractivity contribution < 1.29 is 9.53 Å². The van der Waals surface area contributed by atoms with E-state index < -0.39 is 0 Å². The Morgan fingerprint density at radius 2 is 2.57 bits per heavy atom. The van der Waals surface area contributed by atoms with Crippen LogP contribution in [0.1, 0.15) is 24.1 Å². The second-order valence-electron chi connectivity index (χ2n) is 2.71. The molecular weight excluding hydrogens is 198 g/mol. The summed E-state index contributed by atoms with van der Waals surface area (Å²) < 4.78 is 4.79. The third-order valence-electron chi connectivity index (χ3n) is 1.72. The van der Waals surface area contributed by atoms with Crippen LogP contribution in [0.5, 0.6) is 0 Å². The standard InChI is InChI=1S/C10H11NO2S/c1-2-13-10(12)6-8(7-11)9-4-3-5-14-9/h3-5,8H,2,6H2,1H3. The molecule has 4 heteroatoms. The second-order valence-corrected chi connectivity index (χ2v) is 3.69. The second kappa shape index (κ2) is 5.40. The van der Waals surface area contributed by atoms with Crippen LogP contribution in [0.25, 0.3) is 0 Å². The first kappa shape index (κ1) is 10.7. The minimum Gasteiger partial charge on any atom is -0.466 e. The molecular formula is C10H11NO2S. The van der Waals surface area contributed by atoms with Crippen molar-refractivity contribution in [1.82, 2.24) is 0 Å². The van der Waals surface area contributed by atoms with Crippen LogP contribution < -0.4 is 0 Å². The van der Waals surface area contributed by atoms with Gasteiger partial charge in [-0.1, -0.05) is 6.07 Å². The Labute approximate surface area is 86.9 Å². The van der Waals surface area contributed by atoms with Gasteiger partial charge in [-0.15, -0.1) is 11.3 Å². The Morgan fingerprint density at radius 3 is 3.07 bits per heavy atom. The average Bonchev–Trinajstić information content (AvgIpc) is 2.67. The van der Waals surface area contributed by atoms with Crippen LogP contribution in [0.4, 0.5) is 0 Å². The highest BCUT2D eigenvalue weighted by Crippen LogP contribution is 2.23. The zero-order valence-electron chi connectivity index (χ0n) is 7.90. The van der Waals surface area contributed by atoms with Gasteiger partial charge in [0.15, 0.2) is 0 Å². The van der Waals surface area contributed by atoms with Crippen molar-refractivity contribution in [2.24, 2.45) is 0 Å². The van der Waals surface area contributed by atoms with Crippen molar-refractivity contribution in [3.63, 3.8) is 0 Å². The Bertz CT molecular complexity index is 326. The highest BCUT2D eigenvalue weighted by atomic mass is 32.1. The summed E-state index contributed by atoms with van der Waals surface area (Å²) in [6, 6.07) is 5.83. The molecule has 14 heavy (non-hydrogen) atoms. The maximum atomic E-state index is 11.1. The summed E-state index contributed by atoms with van der Waals surface area (Å²) in [6.07, 6.45) is 0.144. The van der Waals surface area contributed by atoms with Gasteiger partial charge in [0.25, 0.3) is 0 Å². The van der Waals surface area contributed by atoms with Crippen molar-refractivity contribution in [3.8, 4) is 6.07 Å². The summed E-state index contributed by atoms with van der Waals surface area (Å²) in [6.45, 7) is 2.12. The highest BCUT2D eigenvalue weighted by Gasteiger charge is 2.16. The average molecular weight is 209 g/mol. The molecule has 1 heterocycles. The number of carbonyl (C=O) groups excluding carboxylic acids is 1. The first-order valence-corrected chi connectivity index (χ1v) is 5.24. The van der Waals surface area contributed by atoms with Gasteiger partial charge in [-0.05, 0) is 18.4 Å². The first-order valence-electron chi connectivity index (χ1n) is 4.36. The lowest BCUT2D eigenvalue weighted by atomic mass is 10.1. The molecule has 0 fully saturated rings. The summed E-state index contributed by atoms with van der Waals surface area (Å²) in [5, 5.41) is 10.8. The van der Waals surface area contributed by atoms with E-state index in [-0.39, 0.29) is 18.3 Å². The van der Waals surface area contributed by atoms with Gasteiger partial charge >= 0.3 is 5.97 Å². The highest BCUT2D eigenvalue weighted by molar-refractivity contribution is 7.10. The molecule has 1 aromatic rings. The van der Waals surface area contributed by atoms with Crippen molar-refractivity contribution >= 4 is 17.3 Å². The smallest absolute Gasteiger partial charge is 0.307 e. The van der Waals surface area contributed by atoms with E-state index in [1.807, 2.05) is 17.5 Å². The number of ether oxygens (including phenoxy) is 1. The maximum absolute atomic E-state index is 11.1. The molecule has 1 aromatic heterocycles. The normalized spacial score (nSPS) is 11.7. The Balaban J connectivity index is 2.57. The predicted molar refractivity (Wildman–Crippen MR) is 53.9 cm³/mol. The molecule has 0 aliphatic rings. The summed E-state index contributed by atoms with van der Waals surface area (Å²) in [5.41, 5.74) is 0. The largest absolute Gasteiger partial charge is 0.466 e. The van der Waals surface area contributed by atoms with E-state index in [1.165, 1.54) is 11.3 Å². The fourth-order valence-corrected chi connectivity index (χ4v) is 1.86. The lowest BCUT2D eigenvalue weighted by Crippen LogP contribution is -2.08. The predicted octanol–water partition coefficient (Wildman–Crippen LogP) is 2.31. The number of hydrogen-bond acceptors (Lipinski definition) is 4. The molecule has 0 spiro atoms. The van der Waals surface area contributed by atoms with Crippen molar-refractivity contribution in [2.45, 2.75) is 19.3 Å². The molecule has 1 rings (SSSR count). The zero-order valence-corrected chi connectivity index (χ0v) is 8.71. The van der Waals surface area contributed by atoms with E-state index in [2.05, 4.69) is 6.07 Å². The molecule has 3 nitrogen and oxygen atoms in total. The number of rotatable bonds is 4. The van der Waals surface area contributed by atoms with Gasteiger partial charge in [-0.25, -0.2) is 0 Å². The third-order valence-corrected chi connectivity index (χ3v) is 2.70. The Kier molecular flexibility index (Phi) is 4.14. The number of thiophene rings is 1. The van der Waals surface area contributed by atoms with Gasteiger partial charge < -0.3 is 4.74 Å². The molecule has 0 saturated heterocycles. The molecule has 74 valence electrons. The topological polar surface area (TPSA) is 50.1 Å². The number of carbonyl (C=O) groups is 1. The van der Waals surface area contributed by atoms with Gasteiger partial charge in [0, 0.05) is 4.88 Å². The SMILES string of the molecule is CCOC(=O)CC(C#N)c1cccs1. The minimum atomic E-state index is -0.367. The molecule has 0 N–H and O–H groups in total. The molecule has 0 radical (unpaired) electrons. The molecule has 0 amide bonds. The van der Waals surface area contributed by atoms with E-state index in [1.54, 1.807) is 6.92 Å². The van der Waals surface area contributed by atoms with Gasteiger partial charge in [0.1, 0.15) is 0 Å². The van der Waals surface area contributed by atoms with Crippen LogP contribution >= 0.6 is 11.3 Å². The summed E-state index contributed by atoms with van der Waals surface area (Å²) in [5.74, 6) is -0.679. The van der Waals surface area contributed by atoms with E-state index in [0.717, 1.165) is 4.88 Å². The van der Waals surface area contributed by atoms with Crippen LogP contribution in [-0.2, 0) is 9.53 Å². The molecule has 0 aromatic carbocycles. The molecule has 0 bridgehead atoms. The van der Waals surface area contributed by atoms with Crippen LogP contribution in [0.15, 0.2) is 17.5 Å². The van der Waals surface area contributed by atoms with E-state index >= 15 is 0 Å². The van der Waals surface area contributed by atoms with Crippen molar-refractivity contribution in [2.75, 3.05) is 6.61 Å². The molecule has 1 unspecified atom stereocenters. The fourth-order valence-electron chi connectivity index (χ4n) is 1.09. The van der Waals surface area contributed by atoms with Crippen LogP contribution in [0, 0.1) is 11.3 Å². The summed E-state index contributed by atoms with van der Waals surface area (Å²) in [4.78, 5) is 12.1. The number of nitriles is 1. The van der Waals surface area contributed by atoms with Gasteiger partial charge in [-0.2, -0.15) is 5.26 Å². The fraction of sp³-hybridized carbons (Fsp3) is 0.400. The number of hydrogen-bond donors (Lipinski definition) is 0. The molecule has 0 saturated carbocycles. The minimum absolute atomic E-state index is 0.144. The van der Waals surface area contributed by atoms with Crippen LogP contribution in [0.3, 0.4) is 0 Å². The number of esters is 1. The van der Waals surface area contributed by atoms with Crippen LogP contribution in [-0.4, -0.2) is 12.6 Å². The lowest BCUT2D eigenvalue weighted by Gasteiger charge is -2.05. The Morgan fingerprint density at radius 1 is 1.79 bits per heavy atom. The van der Waals surface area contributed by atoms with Crippen molar-refractivity contribution in [3.05, 3.63) is 22.4 Å².